The van der Waals surface area contributed by atoms with Crippen LogP contribution in [0.3, 0.4) is 0 Å². The van der Waals surface area contributed by atoms with Crippen LogP contribution in [0.2, 0.25) is 0 Å². The zero-order valence-corrected chi connectivity index (χ0v) is 25.9. The number of nitrogens with zero attached hydrogens (tertiary/aromatic N) is 1. The van der Waals surface area contributed by atoms with Crippen LogP contribution in [0.1, 0.15) is 68.0 Å². The van der Waals surface area contributed by atoms with Crippen molar-refractivity contribution in [1.82, 2.24) is 15.5 Å². The monoisotopic (exact) mass is 585 g/mol. The fourth-order valence-corrected chi connectivity index (χ4v) is 5.30. The van der Waals surface area contributed by atoms with E-state index in [1.165, 1.54) is 0 Å². The zero-order valence-electron chi connectivity index (χ0n) is 25.9. The molecule has 0 radical (unpaired) electrons. The molecule has 4 unspecified atom stereocenters. The van der Waals surface area contributed by atoms with E-state index in [9.17, 15) is 19.5 Å². The molecule has 3 N–H and O–H groups in total. The maximum Gasteiger partial charge on any atom is 0.408 e. The van der Waals surface area contributed by atoms with Gasteiger partial charge in [-0.1, -0.05) is 73.2 Å². The second-order valence-corrected chi connectivity index (χ2v) is 12.6. The molecular formula is C35H43N3O5. The maximum absolute atomic E-state index is 14.6. The van der Waals surface area contributed by atoms with E-state index in [-0.39, 0.29) is 35.9 Å². The summed E-state index contributed by atoms with van der Waals surface area (Å²) in [6.07, 6.45) is 0.184. The summed E-state index contributed by atoms with van der Waals surface area (Å²) < 4.78 is 5.52. The average molecular weight is 586 g/mol. The Bertz CT molecular complexity index is 1430. The van der Waals surface area contributed by atoms with Crippen molar-refractivity contribution >= 4 is 17.9 Å². The van der Waals surface area contributed by atoms with Gasteiger partial charge in [0, 0.05) is 19.0 Å². The van der Waals surface area contributed by atoms with E-state index in [2.05, 4.69) is 17.6 Å². The molecule has 8 nitrogen and oxygen atoms in total. The van der Waals surface area contributed by atoms with Crippen LogP contribution in [0.25, 0.3) is 0 Å². The standard InChI is InChI=1S/C35H43N3O5/c1-22-12-17-28(23(2)18-22)31(32(40)36-21-26-10-8-7-9-11-26)38(30-19-24(30)3)33(41)29(37-34(42)43-35(4,5)6)20-25-13-15-27(39)16-14-25/h7-18,24,29-31,39H,19-21H2,1-6H3,(H,36,40)(H,37,42). The van der Waals surface area contributed by atoms with E-state index >= 15 is 0 Å². The van der Waals surface area contributed by atoms with Crippen molar-refractivity contribution in [2.45, 2.75) is 84.7 Å². The third-order valence-electron chi connectivity index (χ3n) is 7.60. The Morgan fingerprint density at radius 2 is 1.63 bits per heavy atom. The molecule has 1 saturated carbocycles. The Labute approximate surface area is 254 Å². The second-order valence-electron chi connectivity index (χ2n) is 12.6. The van der Waals surface area contributed by atoms with Gasteiger partial charge in [0.15, 0.2) is 0 Å². The lowest BCUT2D eigenvalue weighted by Crippen LogP contribution is -2.54. The molecule has 1 aliphatic rings. The number of amides is 3. The van der Waals surface area contributed by atoms with Crippen molar-refractivity contribution in [3.05, 3.63) is 101 Å². The summed E-state index contributed by atoms with van der Waals surface area (Å²) in [7, 11) is 0. The van der Waals surface area contributed by atoms with Gasteiger partial charge in [0.1, 0.15) is 23.4 Å². The molecule has 8 heteroatoms. The molecule has 3 aromatic carbocycles. The number of carbonyl (C=O) groups is 3. The Kier molecular flexibility index (Phi) is 9.79. The van der Waals surface area contributed by atoms with Crippen molar-refractivity contribution in [3.63, 3.8) is 0 Å². The number of benzene rings is 3. The van der Waals surface area contributed by atoms with E-state index in [1.54, 1.807) is 49.9 Å². The van der Waals surface area contributed by atoms with Crippen LogP contribution in [0, 0.1) is 19.8 Å². The number of aryl methyl sites for hydroxylation is 2. The third-order valence-corrected chi connectivity index (χ3v) is 7.60. The smallest absolute Gasteiger partial charge is 0.408 e. The van der Waals surface area contributed by atoms with E-state index in [1.807, 2.05) is 62.4 Å². The van der Waals surface area contributed by atoms with Gasteiger partial charge in [-0.15, -0.1) is 0 Å². The second kappa shape index (κ2) is 13.3. The molecule has 1 fully saturated rings. The largest absolute Gasteiger partial charge is 0.508 e. The summed E-state index contributed by atoms with van der Waals surface area (Å²) in [5.74, 6) is -0.364. The summed E-state index contributed by atoms with van der Waals surface area (Å²) in [6, 6.07) is 19.9. The van der Waals surface area contributed by atoms with Gasteiger partial charge >= 0.3 is 6.09 Å². The molecular weight excluding hydrogens is 542 g/mol. The van der Waals surface area contributed by atoms with E-state index in [0.717, 1.165) is 34.2 Å². The first-order valence-electron chi connectivity index (χ1n) is 14.8. The molecule has 0 saturated heterocycles. The predicted octanol–water partition coefficient (Wildman–Crippen LogP) is 5.74. The molecule has 0 heterocycles. The van der Waals surface area contributed by atoms with Crippen LogP contribution in [-0.2, 0) is 27.3 Å². The van der Waals surface area contributed by atoms with Crippen molar-refractivity contribution in [3.8, 4) is 5.75 Å². The highest BCUT2D eigenvalue weighted by molar-refractivity contribution is 5.93. The van der Waals surface area contributed by atoms with Crippen molar-refractivity contribution in [2.24, 2.45) is 5.92 Å². The first-order valence-corrected chi connectivity index (χ1v) is 14.8. The molecule has 43 heavy (non-hydrogen) atoms. The molecule has 3 amide bonds. The lowest BCUT2D eigenvalue weighted by Gasteiger charge is -2.36. The normalized spacial score (nSPS) is 17.3. The Balaban J connectivity index is 1.73. The zero-order chi connectivity index (χ0) is 31.3. The summed E-state index contributed by atoms with van der Waals surface area (Å²) in [4.78, 5) is 43.4. The highest BCUT2D eigenvalue weighted by Crippen LogP contribution is 2.41. The number of ether oxygens (including phenoxy) is 1. The van der Waals surface area contributed by atoms with Crippen molar-refractivity contribution < 1.29 is 24.2 Å². The highest BCUT2D eigenvalue weighted by atomic mass is 16.6. The van der Waals surface area contributed by atoms with Gasteiger partial charge in [-0.2, -0.15) is 0 Å². The summed E-state index contributed by atoms with van der Waals surface area (Å²) in [6.45, 7) is 11.6. The molecule has 0 bridgehead atoms. The number of hydrogen-bond acceptors (Lipinski definition) is 5. The van der Waals surface area contributed by atoms with Crippen LogP contribution in [0.5, 0.6) is 5.75 Å². The molecule has 1 aliphatic carbocycles. The number of rotatable bonds is 10. The van der Waals surface area contributed by atoms with Crippen molar-refractivity contribution in [2.75, 3.05) is 0 Å². The fourth-order valence-electron chi connectivity index (χ4n) is 5.30. The van der Waals surface area contributed by atoms with Gasteiger partial charge in [0.05, 0.1) is 0 Å². The molecule has 0 aliphatic heterocycles. The van der Waals surface area contributed by atoms with Crippen LogP contribution in [0.15, 0.2) is 72.8 Å². The molecule has 4 rings (SSSR count). The van der Waals surface area contributed by atoms with Crippen LogP contribution < -0.4 is 10.6 Å². The van der Waals surface area contributed by atoms with Gasteiger partial charge in [-0.05, 0) is 81.3 Å². The number of alkyl carbamates (subject to hydrolysis) is 1. The van der Waals surface area contributed by atoms with Gasteiger partial charge in [0.25, 0.3) is 0 Å². The molecule has 3 aromatic rings. The lowest BCUT2D eigenvalue weighted by atomic mass is 9.95. The van der Waals surface area contributed by atoms with Gasteiger partial charge in [-0.25, -0.2) is 4.79 Å². The molecule has 0 spiro atoms. The summed E-state index contributed by atoms with van der Waals surface area (Å²) in [5.41, 5.74) is 3.63. The van der Waals surface area contributed by atoms with Crippen LogP contribution in [0.4, 0.5) is 4.79 Å². The lowest BCUT2D eigenvalue weighted by molar-refractivity contribution is -0.143. The Morgan fingerprint density at radius 3 is 2.21 bits per heavy atom. The number of nitrogens with one attached hydrogen (secondary N) is 2. The van der Waals surface area contributed by atoms with Gasteiger partial charge in [-0.3, -0.25) is 9.59 Å². The van der Waals surface area contributed by atoms with Crippen LogP contribution in [-0.4, -0.2) is 45.6 Å². The summed E-state index contributed by atoms with van der Waals surface area (Å²) >= 11 is 0. The number of hydrogen-bond donors (Lipinski definition) is 3. The molecule has 0 aromatic heterocycles. The first-order chi connectivity index (χ1) is 20.3. The number of aromatic hydroxyl groups is 1. The maximum atomic E-state index is 14.6. The predicted molar refractivity (Wildman–Crippen MR) is 166 cm³/mol. The van der Waals surface area contributed by atoms with Gasteiger partial charge < -0.3 is 25.4 Å². The fraction of sp³-hybridized carbons (Fsp3) is 0.400. The highest BCUT2D eigenvalue weighted by Gasteiger charge is 2.48. The van der Waals surface area contributed by atoms with Gasteiger partial charge in [0.2, 0.25) is 11.8 Å². The number of phenols is 1. The topological polar surface area (TPSA) is 108 Å². The minimum atomic E-state index is -1.01. The Hall–Kier alpha value is -4.33. The average Bonchev–Trinajstić information content (AvgIpc) is 3.66. The molecule has 228 valence electrons. The van der Waals surface area contributed by atoms with Crippen LogP contribution >= 0.6 is 0 Å². The third kappa shape index (κ3) is 8.60. The minimum Gasteiger partial charge on any atom is -0.508 e. The van der Waals surface area contributed by atoms with Crippen molar-refractivity contribution in [1.29, 1.82) is 0 Å². The number of phenolic OH excluding ortho intramolecular Hbond substituents is 1. The Morgan fingerprint density at radius 1 is 0.977 bits per heavy atom. The summed E-state index contributed by atoms with van der Waals surface area (Å²) in [5, 5.41) is 15.7. The quantitative estimate of drug-likeness (QED) is 0.281. The minimum absolute atomic E-state index is 0.102. The van der Waals surface area contributed by atoms with E-state index < -0.39 is 23.8 Å². The van der Waals surface area contributed by atoms with E-state index in [4.69, 9.17) is 4.74 Å². The molecule has 4 atom stereocenters. The number of carbonyl (C=O) groups excluding carboxylic acids is 3. The van der Waals surface area contributed by atoms with E-state index in [0.29, 0.717) is 6.54 Å². The first kappa shape index (κ1) is 31.6. The SMILES string of the molecule is Cc1ccc(C(C(=O)NCc2ccccc2)N(C(=O)C(Cc2ccc(O)cc2)NC(=O)OC(C)(C)C)C2CC2C)c(C)c1.